The number of halogens is 3. The van der Waals surface area contributed by atoms with E-state index < -0.39 is 18.1 Å². The van der Waals surface area contributed by atoms with Crippen LogP contribution in [0.5, 0.6) is 0 Å². The molecule has 8 heteroatoms. The van der Waals surface area contributed by atoms with Gasteiger partial charge in [0.15, 0.2) is 0 Å². The van der Waals surface area contributed by atoms with Crippen LogP contribution in [0, 0.1) is 5.92 Å². The lowest BCUT2D eigenvalue weighted by Crippen LogP contribution is -2.27. The molecule has 0 aliphatic carbocycles. The Morgan fingerprint density at radius 3 is 1.94 bits per heavy atom. The highest BCUT2D eigenvalue weighted by molar-refractivity contribution is 5.73. The SMILES string of the molecule is O=C(O)C(F)(F)F.O=C(O)CCC1CCNCC1. The fraction of sp³-hybridized carbons (Fsp3) is 0.800. The van der Waals surface area contributed by atoms with Crippen LogP contribution < -0.4 is 5.32 Å². The topological polar surface area (TPSA) is 86.6 Å². The molecular formula is C10H16F3NO4. The van der Waals surface area contributed by atoms with Crippen LogP contribution in [-0.2, 0) is 9.59 Å². The summed E-state index contributed by atoms with van der Waals surface area (Å²) in [5, 5.41) is 18.8. The number of piperidine rings is 1. The number of aliphatic carboxylic acids is 2. The first-order valence-corrected chi connectivity index (χ1v) is 5.46. The molecule has 0 bridgehead atoms. The molecule has 5 nitrogen and oxygen atoms in total. The maximum Gasteiger partial charge on any atom is 0.490 e. The molecule has 0 amide bonds. The van der Waals surface area contributed by atoms with Gasteiger partial charge in [-0.05, 0) is 38.3 Å². The van der Waals surface area contributed by atoms with E-state index >= 15 is 0 Å². The van der Waals surface area contributed by atoms with E-state index in [1.807, 2.05) is 0 Å². The van der Waals surface area contributed by atoms with Crippen LogP contribution in [0.3, 0.4) is 0 Å². The third kappa shape index (κ3) is 8.80. The van der Waals surface area contributed by atoms with E-state index in [0.29, 0.717) is 12.3 Å². The summed E-state index contributed by atoms with van der Waals surface area (Å²) in [6.45, 7) is 2.12. The van der Waals surface area contributed by atoms with Crippen LogP contribution in [0.4, 0.5) is 13.2 Å². The van der Waals surface area contributed by atoms with Gasteiger partial charge in [-0.25, -0.2) is 4.79 Å². The van der Waals surface area contributed by atoms with Gasteiger partial charge in [0.05, 0.1) is 0 Å². The lowest BCUT2D eigenvalue weighted by Gasteiger charge is -2.21. The molecule has 0 aromatic heterocycles. The van der Waals surface area contributed by atoms with Crippen molar-refractivity contribution < 1.29 is 33.0 Å². The van der Waals surface area contributed by atoms with Gasteiger partial charge in [-0.3, -0.25) is 4.79 Å². The van der Waals surface area contributed by atoms with Gasteiger partial charge in [-0.1, -0.05) is 0 Å². The quantitative estimate of drug-likeness (QED) is 0.724. The second-order valence-corrected chi connectivity index (χ2v) is 3.93. The van der Waals surface area contributed by atoms with E-state index in [4.69, 9.17) is 15.0 Å². The molecule has 0 saturated carbocycles. The first-order chi connectivity index (χ1) is 8.23. The lowest BCUT2D eigenvalue weighted by atomic mass is 9.93. The van der Waals surface area contributed by atoms with Crippen LogP contribution in [0.2, 0.25) is 0 Å². The number of hydrogen-bond acceptors (Lipinski definition) is 3. The fourth-order valence-electron chi connectivity index (χ4n) is 1.50. The van der Waals surface area contributed by atoms with E-state index in [-0.39, 0.29) is 0 Å². The third-order valence-electron chi connectivity index (χ3n) is 2.47. The number of rotatable bonds is 3. The first kappa shape index (κ1) is 16.7. The van der Waals surface area contributed by atoms with Crippen LogP contribution in [-0.4, -0.2) is 41.4 Å². The van der Waals surface area contributed by atoms with Gasteiger partial charge in [-0.15, -0.1) is 0 Å². The summed E-state index contributed by atoms with van der Waals surface area (Å²) < 4.78 is 31.7. The largest absolute Gasteiger partial charge is 0.490 e. The van der Waals surface area contributed by atoms with Crippen LogP contribution in [0.15, 0.2) is 0 Å². The van der Waals surface area contributed by atoms with Crippen molar-refractivity contribution >= 4 is 11.9 Å². The van der Waals surface area contributed by atoms with E-state index in [9.17, 15) is 18.0 Å². The Morgan fingerprint density at radius 2 is 1.61 bits per heavy atom. The van der Waals surface area contributed by atoms with Crippen molar-refractivity contribution in [1.82, 2.24) is 5.32 Å². The zero-order valence-electron chi connectivity index (χ0n) is 9.66. The summed E-state index contributed by atoms with van der Waals surface area (Å²) in [5.41, 5.74) is 0. The minimum Gasteiger partial charge on any atom is -0.481 e. The third-order valence-corrected chi connectivity index (χ3v) is 2.47. The molecule has 1 heterocycles. The van der Waals surface area contributed by atoms with E-state index in [1.54, 1.807) is 0 Å². The average Bonchev–Trinajstić information content (AvgIpc) is 2.27. The van der Waals surface area contributed by atoms with Gasteiger partial charge in [0.25, 0.3) is 0 Å². The normalized spacial score (nSPS) is 16.6. The Morgan fingerprint density at radius 1 is 1.17 bits per heavy atom. The van der Waals surface area contributed by atoms with Gasteiger partial charge in [0, 0.05) is 6.42 Å². The summed E-state index contributed by atoms with van der Waals surface area (Å²) >= 11 is 0. The standard InChI is InChI=1S/C8H15NO2.C2HF3O2/c10-8(11)2-1-7-3-5-9-6-4-7;3-2(4,5)1(6)7/h7,9H,1-6H2,(H,10,11);(H,6,7). The highest BCUT2D eigenvalue weighted by Gasteiger charge is 2.38. The van der Waals surface area contributed by atoms with Crippen LogP contribution in [0.25, 0.3) is 0 Å². The second-order valence-electron chi connectivity index (χ2n) is 3.93. The molecule has 106 valence electrons. The number of alkyl halides is 3. The lowest BCUT2D eigenvalue weighted by molar-refractivity contribution is -0.192. The van der Waals surface area contributed by atoms with Crippen molar-refractivity contribution in [1.29, 1.82) is 0 Å². The minimum atomic E-state index is -5.08. The Balaban J connectivity index is 0.000000360. The van der Waals surface area contributed by atoms with E-state index in [2.05, 4.69) is 5.32 Å². The molecule has 1 aliphatic heterocycles. The molecule has 1 rings (SSSR count). The van der Waals surface area contributed by atoms with Crippen molar-refractivity contribution in [3.63, 3.8) is 0 Å². The number of carboxylic acid groups (broad SMARTS) is 2. The number of hydrogen-bond donors (Lipinski definition) is 3. The minimum absolute atomic E-state index is 0.338. The van der Waals surface area contributed by atoms with Gasteiger partial charge >= 0.3 is 18.1 Å². The maximum absolute atomic E-state index is 10.6. The molecule has 0 spiro atoms. The summed E-state index contributed by atoms with van der Waals surface area (Å²) in [6, 6.07) is 0. The molecule has 0 unspecified atom stereocenters. The van der Waals surface area contributed by atoms with Crippen LogP contribution >= 0.6 is 0 Å². The van der Waals surface area contributed by atoms with Gasteiger partial charge < -0.3 is 15.5 Å². The summed E-state index contributed by atoms with van der Waals surface area (Å²) in [6.07, 6.45) is -1.60. The highest BCUT2D eigenvalue weighted by Crippen LogP contribution is 2.17. The van der Waals surface area contributed by atoms with Crippen molar-refractivity contribution in [2.24, 2.45) is 5.92 Å². The fourth-order valence-corrected chi connectivity index (χ4v) is 1.50. The predicted molar refractivity (Wildman–Crippen MR) is 56.2 cm³/mol. The summed E-state index contributed by atoms with van der Waals surface area (Å²) in [5.74, 6) is -2.77. The molecule has 1 aliphatic rings. The highest BCUT2D eigenvalue weighted by atomic mass is 19.4. The Bertz CT molecular complexity index is 275. The Kier molecular flexibility index (Phi) is 7.33. The van der Waals surface area contributed by atoms with E-state index in [0.717, 1.165) is 32.4 Å². The number of nitrogens with one attached hydrogen (secondary N) is 1. The molecule has 0 radical (unpaired) electrons. The average molecular weight is 271 g/mol. The molecule has 1 saturated heterocycles. The smallest absolute Gasteiger partial charge is 0.481 e. The molecule has 18 heavy (non-hydrogen) atoms. The predicted octanol–water partition coefficient (Wildman–Crippen LogP) is 1.48. The van der Waals surface area contributed by atoms with E-state index in [1.165, 1.54) is 0 Å². The van der Waals surface area contributed by atoms with Gasteiger partial charge in [-0.2, -0.15) is 13.2 Å². The molecule has 0 aromatic carbocycles. The maximum atomic E-state index is 10.6. The molecule has 0 atom stereocenters. The van der Waals surface area contributed by atoms with Crippen molar-refractivity contribution in [3.05, 3.63) is 0 Å². The molecule has 1 fully saturated rings. The van der Waals surface area contributed by atoms with Gasteiger partial charge in [0.2, 0.25) is 0 Å². The number of carbonyl (C=O) groups is 2. The summed E-state index contributed by atoms with van der Waals surface area (Å²) in [4.78, 5) is 19.1. The monoisotopic (exact) mass is 271 g/mol. The summed E-state index contributed by atoms with van der Waals surface area (Å²) in [7, 11) is 0. The van der Waals surface area contributed by atoms with Crippen molar-refractivity contribution in [2.45, 2.75) is 31.9 Å². The van der Waals surface area contributed by atoms with Gasteiger partial charge in [0.1, 0.15) is 0 Å². The second kappa shape index (κ2) is 7.91. The zero-order valence-corrected chi connectivity index (χ0v) is 9.66. The Hall–Kier alpha value is -1.31. The van der Waals surface area contributed by atoms with Crippen molar-refractivity contribution in [3.8, 4) is 0 Å². The zero-order chi connectivity index (χ0) is 14.2. The number of carboxylic acids is 2. The Labute approximate surface area is 102 Å². The molecule has 3 N–H and O–H groups in total. The van der Waals surface area contributed by atoms with Crippen molar-refractivity contribution in [2.75, 3.05) is 13.1 Å². The first-order valence-electron chi connectivity index (χ1n) is 5.46. The molecule has 0 aromatic rings. The van der Waals surface area contributed by atoms with Crippen LogP contribution in [0.1, 0.15) is 25.7 Å². The molecular weight excluding hydrogens is 255 g/mol.